The van der Waals surface area contributed by atoms with Gasteiger partial charge < -0.3 is 10.2 Å². The Morgan fingerprint density at radius 1 is 1.10 bits per heavy atom. The van der Waals surface area contributed by atoms with Gasteiger partial charge >= 0.3 is 0 Å². The van der Waals surface area contributed by atoms with Crippen molar-refractivity contribution in [2.75, 3.05) is 0 Å². The van der Waals surface area contributed by atoms with Crippen LogP contribution in [0.15, 0.2) is 0 Å². The third-order valence-electron chi connectivity index (χ3n) is 2.31. The lowest BCUT2D eigenvalue weighted by Gasteiger charge is -2.46. The SMILES string of the molecule is CC(C)(C)C1C(O)CC1O. The van der Waals surface area contributed by atoms with Crippen molar-refractivity contribution in [3.8, 4) is 0 Å². The first-order valence-electron chi connectivity index (χ1n) is 3.79. The van der Waals surface area contributed by atoms with Crippen LogP contribution < -0.4 is 0 Å². The molecule has 0 amide bonds. The lowest BCUT2D eigenvalue weighted by atomic mass is 9.64. The fraction of sp³-hybridized carbons (Fsp3) is 1.00. The van der Waals surface area contributed by atoms with Gasteiger partial charge in [-0.2, -0.15) is 0 Å². The van der Waals surface area contributed by atoms with Gasteiger partial charge in [0.1, 0.15) is 0 Å². The molecule has 60 valence electrons. The molecule has 1 fully saturated rings. The van der Waals surface area contributed by atoms with E-state index in [0.717, 1.165) is 0 Å². The largest absolute Gasteiger partial charge is 0.393 e. The Labute approximate surface area is 61.9 Å². The highest BCUT2D eigenvalue weighted by atomic mass is 16.3. The Kier molecular flexibility index (Phi) is 1.77. The summed E-state index contributed by atoms with van der Waals surface area (Å²) in [4.78, 5) is 0. The molecule has 0 heterocycles. The standard InChI is InChI=1S/C8H16O2/c1-8(2,3)7-5(9)4-6(7)10/h5-7,9-10H,4H2,1-3H3. The molecule has 1 aliphatic rings. The van der Waals surface area contributed by atoms with Crippen LogP contribution in [0.1, 0.15) is 27.2 Å². The van der Waals surface area contributed by atoms with Gasteiger partial charge in [-0.05, 0) is 11.8 Å². The van der Waals surface area contributed by atoms with Crippen molar-refractivity contribution in [2.24, 2.45) is 11.3 Å². The van der Waals surface area contributed by atoms with E-state index in [0.29, 0.717) is 6.42 Å². The number of hydrogen-bond donors (Lipinski definition) is 2. The van der Waals surface area contributed by atoms with E-state index >= 15 is 0 Å². The van der Waals surface area contributed by atoms with Gasteiger partial charge in [-0.25, -0.2) is 0 Å². The van der Waals surface area contributed by atoms with Crippen molar-refractivity contribution in [2.45, 2.75) is 39.4 Å². The lowest BCUT2D eigenvalue weighted by Crippen LogP contribution is -2.52. The summed E-state index contributed by atoms with van der Waals surface area (Å²) < 4.78 is 0. The van der Waals surface area contributed by atoms with Crippen LogP contribution >= 0.6 is 0 Å². The fourth-order valence-corrected chi connectivity index (χ4v) is 1.76. The second-order valence-electron chi connectivity index (χ2n) is 4.26. The third kappa shape index (κ3) is 1.18. The molecule has 1 rings (SSSR count). The number of hydrogen-bond acceptors (Lipinski definition) is 2. The molecule has 0 saturated heterocycles. The van der Waals surface area contributed by atoms with Gasteiger partial charge in [-0.3, -0.25) is 0 Å². The first kappa shape index (κ1) is 8.02. The van der Waals surface area contributed by atoms with Crippen LogP contribution in [0.5, 0.6) is 0 Å². The molecule has 0 spiro atoms. The average molecular weight is 144 g/mol. The summed E-state index contributed by atoms with van der Waals surface area (Å²) in [7, 11) is 0. The summed E-state index contributed by atoms with van der Waals surface area (Å²) in [5.74, 6) is 0.0764. The second kappa shape index (κ2) is 2.21. The molecule has 0 aromatic rings. The molecule has 2 nitrogen and oxygen atoms in total. The normalized spacial score (nSPS) is 41.1. The van der Waals surface area contributed by atoms with Crippen LogP contribution in [0.4, 0.5) is 0 Å². The van der Waals surface area contributed by atoms with Gasteiger partial charge in [0.25, 0.3) is 0 Å². The molecule has 2 N–H and O–H groups in total. The first-order valence-corrected chi connectivity index (χ1v) is 3.79. The molecule has 0 radical (unpaired) electrons. The van der Waals surface area contributed by atoms with Crippen LogP contribution in [0.3, 0.4) is 0 Å². The summed E-state index contributed by atoms with van der Waals surface area (Å²) in [5, 5.41) is 18.5. The molecule has 0 bridgehead atoms. The van der Waals surface area contributed by atoms with Crippen LogP contribution in [-0.4, -0.2) is 22.4 Å². The minimum Gasteiger partial charge on any atom is -0.393 e. The summed E-state index contributed by atoms with van der Waals surface area (Å²) in [6, 6.07) is 0. The van der Waals surface area contributed by atoms with Gasteiger partial charge in [0.2, 0.25) is 0 Å². The maximum Gasteiger partial charge on any atom is 0.0622 e. The molecule has 2 atom stereocenters. The second-order valence-corrected chi connectivity index (χ2v) is 4.26. The van der Waals surface area contributed by atoms with Crippen molar-refractivity contribution < 1.29 is 10.2 Å². The van der Waals surface area contributed by atoms with Crippen molar-refractivity contribution in [3.63, 3.8) is 0 Å². The predicted molar refractivity (Wildman–Crippen MR) is 39.6 cm³/mol. The lowest BCUT2D eigenvalue weighted by molar-refractivity contribution is -0.135. The first-order chi connectivity index (χ1) is 4.43. The molecule has 2 heteroatoms. The van der Waals surface area contributed by atoms with Crippen LogP contribution in [-0.2, 0) is 0 Å². The molecule has 2 unspecified atom stereocenters. The van der Waals surface area contributed by atoms with Crippen molar-refractivity contribution in [1.29, 1.82) is 0 Å². The minimum atomic E-state index is -0.282. The zero-order chi connectivity index (χ0) is 7.94. The van der Waals surface area contributed by atoms with Crippen molar-refractivity contribution in [3.05, 3.63) is 0 Å². The Morgan fingerprint density at radius 2 is 1.50 bits per heavy atom. The van der Waals surface area contributed by atoms with Crippen LogP contribution in [0, 0.1) is 11.3 Å². The van der Waals surface area contributed by atoms with Gasteiger partial charge in [0.15, 0.2) is 0 Å². The Balaban J connectivity index is 2.55. The van der Waals surface area contributed by atoms with E-state index in [1.807, 2.05) is 20.8 Å². The summed E-state index contributed by atoms with van der Waals surface area (Å²) in [5.41, 5.74) is 0.0388. The van der Waals surface area contributed by atoms with E-state index in [1.165, 1.54) is 0 Å². The molecule has 0 aromatic heterocycles. The van der Waals surface area contributed by atoms with Crippen molar-refractivity contribution >= 4 is 0 Å². The van der Waals surface area contributed by atoms with Gasteiger partial charge in [-0.1, -0.05) is 20.8 Å². The summed E-state index contributed by atoms with van der Waals surface area (Å²) >= 11 is 0. The maximum absolute atomic E-state index is 9.25. The van der Waals surface area contributed by atoms with Gasteiger partial charge in [0.05, 0.1) is 12.2 Å². The molecule has 1 aliphatic carbocycles. The van der Waals surface area contributed by atoms with Crippen LogP contribution in [0.25, 0.3) is 0 Å². The molecular weight excluding hydrogens is 128 g/mol. The highest BCUT2D eigenvalue weighted by Crippen LogP contribution is 2.41. The summed E-state index contributed by atoms with van der Waals surface area (Å²) in [6.07, 6.45) is -0.00734. The molecular formula is C8H16O2. The quantitative estimate of drug-likeness (QED) is 0.527. The van der Waals surface area contributed by atoms with E-state index in [-0.39, 0.29) is 23.5 Å². The fourth-order valence-electron chi connectivity index (χ4n) is 1.76. The maximum atomic E-state index is 9.25. The molecule has 1 saturated carbocycles. The topological polar surface area (TPSA) is 40.5 Å². The summed E-state index contributed by atoms with van der Waals surface area (Å²) in [6.45, 7) is 6.13. The Bertz CT molecular complexity index is 118. The Morgan fingerprint density at radius 3 is 1.60 bits per heavy atom. The van der Waals surface area contributed by atoms with E-state index in [1.54, 1.807) is 0 Å². The van der Waals surface area contributed by atoms with E-state index in [9.17, 15) is 10.2 Å². The van der Waals surface area contributed by atoms with Gasteiger partial charge in [0, 0.05) is 5.92 Å². The highest BCUT2D eigenvalue weighted by molar-refractivity contribution is 4.95. The van der Waals surface area contributed by atoms with Gasteiger partial charge in [-0.15, -0.1) is 0 Å². The zero-order valence-electron chi connectivity index (χ0n) is 6.83. The van der Waals surface area contributed by atoms with E-state index in [4.69, 9.17) is 0 Å². The number of rotatable bonds is 0. The number of aliphatic hydroxyl groups excluding tert-OH is 2. The highest BCUT2D eigenvalue weighted by Gasteiger charge is 2.45. The van der Waals surface area contributed by atoms with E-state index in [2.05, 4.69) is 0 Å². The smallest absolute Gasteiger partial charge is 0.0622 e. The number of aliphatic hydroxyl groups is 2. The Hall–Kier alpha value is -0.0800. The molecule has 0 aliphatic heterocycles. The van der Waals surface area contributed by atoms with E-state index < -0.39 is 0 Å². The minimum absolute atomic E-state index is 0.0388. The predicted octanol–water partition coefficient (Wildman–Crippen LogP) is 0.774. The zero-order valence-corrected chi connectivity index (χ0v) is 6.83. The molecule has 0 aromatic carbocycles. The molecule has 10 heavy (non-hydrogen) atoms. The van der Waals surface area contributed by atoms with Crippen LogP contribution in [0.2, 0.25) is 0 Å². The average Bonchev–Trinajstić information content (AvgIpc) is 1.58. The third-order valence-corrected chi connectivity index (χ3v) is 2.31. The van der Waals surface area contributed by atoms with Crippen molar-refractivity contribution in [1.82, 2.24) is 0 Å². The monoisotopic (exact) mass is 144 g/mol.